The van der Waals surface area contributed by atoms with Crippen molar-refractivity contribution in [2.75, 3.05) is 0 Å². The molecule has 2 amide bonds. The Hall–Kier alpha value is -2.88. The third-order valence-electron chi connectivity index (χ3n) is 9.50. The van der Waals surface area contributed by atoms with Crippen LogP contribution in [0.15, 0.2) is 54.6 Å². The molecule has 3 saturated carbocycles. The van der Waals surface area contributed by atoms with Gasteiger partial charge in [-0.2, -0.15) is 0 Å². The molecule has 8 nitrogen and oxygen atoms in total. The van der Waals surface area contributed by atoms with Gasteiger partial charge in [0.15, 0.2) is 0 Å². The Morgan fingerprint density at radius 2 is 1.66 bits per heavy atom. The summed E-state index contributed by atoms with van der Waals surface area (Å²) in [5.41, 5.74) is 0.175. The van der Waals surface area contributed by atoms with Crippen LogP contribution in [-0.4, -0.2) is 53.8 Å². The van der Waals surface area contributed by atoms with E-state index in [2.05, 4.69) is 45.3 Å². The topological polar surface area (TPSA) is 106 Å². The minimum absolute atomic E-state index is 0.00283. The van der Waals surface area contributed by atoms with E-state index in [-0.39, 0.29) is 17.4 Å². The van der Waals surface area contributed by atoms with Crippen molar-refractivity contribution >= 4 is 18.9 Å². The highest BCUT2D eigenvalue weighted by molar-refractivity contribution is 6.48. The minimum atomic E-state index is -1.15. The molecule has 4 aliphatic rings. The molecular weight excluding hydrogens is 519 g/mol. The van der Waals surface area contributed by atoms with E-state index in [9.17, 15) is 14.7 Å². The van der Waals surface area contributed by atoms with Gasteiger partial charge in [0.1, 0.15) is 17.5 Å². The third kappa shape index (κ3) is 5.90. The average molecular weight is 563 g/mol. The first-order valence-corrected chi connectivity index (χ1v) is 14.8. The van der Waals surface area contributed by atoms with E-state index < -0.39 is 42.6 Å². The summed E-state index contributed by atoms with van der Waals surface area (Å²) in [5.74, 6) is 1.22. The van der Waals surface area contributed by atoms with Crippen LogP contribution in [0, 0.1) is 23.2 Å². The molecule has 0 aromatic heterocycles. The Bertz CT molecular complexity index is 1240. The van der Waals surface area contributed by atoms with Gasteiger partial charge in [-0.25, -0.2) is 0 Å². The Balaban J connectivity index is 1.24. The zero-order chi connectivity index (χ0) is 29.5. The van der Waals surface area contributed by atoms with Crippen LogP contribution in [0.2, 0.25) is 0 Å². The molecule has 1 aliphatic heterocycles. The van der Waals surface area contributed by atoms with Gasteiger partial charge < -0.3 is 29.8 Å². The van der Waals surface area contributed by atoms with Gasteiger partial charge in [0.05, 0.1) is 23.8 Å². The van der Waals surface area contributed by atoms with E-state index in [1.165, 1.54) is 6.92 Å². The van der Waals surface area contributed by atoms with Gasteiger partial charge >= 0.3 is 7.12 Å². The first-order chi connectivity index (χ1) is 19.4. The molecule has 1 saturated heterocycles. The van der Waals surface area contributed by atoms with E-state index in [0.29, 0.717) is 35.3 Å². The van der Waals surface area contributed by atoms with E-state index >= 15 is 0 Å². The molecule has 0 spiro atoms. The summed E-state index contributed by atoms with van der Waals surface area (Å²) >= 11 is 0. The molecule has 2 aromatic rings. The van der Waals surface area contributed by atoms with Crippen LogP contribution < -0.4 is 15.4 Å². The summed E-state index contributed by atoms with van der Waals surface area (Å²) in [6.45, 7) is 12.5. The van der Waals surface area contributed by atoms with Crippen molar-refractivity contribution in [3.63, 3.8) is 0 Å². The first-order valence-electron chi connectivity index (χ1n) is 14.8. The summed E-state index contributed by atoms with van der Waals surface area (Å²) < 4.78 is 18.9. The summed E-state index contributed by atoms with van der Waals surface area (Å²) in [4.78, 5) is 26.6. The largest absolute Gasteiger partial charge is 0.481 e. The van der Waals surface area contributed by atoms with Crippen molar-refractivity contribution in [3.05, 3.63) is 60.2 Å². The molecule has 0 radical (unpaired) electrons. The van der Waals surface area contributed by atoms with Gasteiger partial charge in [-0.15, -0.1) is 0 Å². The number of hydrogen-bond acceptors (Lipinski definition) is 6. The number of amides is 2. The molecule has 41 heavy (non-hydrogen) atoms. The maximum atomic E-state index is 13.5. The number of aliphatic hydroxyl groups excluding tert-OH is 1. The fourth-order valence-electron chi connectivity index (χ4n) is 7.02. The zero-order valence-corrected chi connectivity index (χ0v) is 24.9. The monoisotopic (exact) mass is 562 g/mol. The fraction of sp³-hybridized carbons (Fsp3) is 0.562. The molecular formula is C32H43BN2O6. The second-order valence-corrected chi connectivity index (χ2v) is 13.2. The SMILES string of the molecule is CC(C)C[C@H](NC(=O)[C@@H](NC(=O)c1ccc(Oc2ccccc2)cc1)[C@@H](C)O)B1O[C@@H]2C[C@@H]3C[C@@H](C3(C)C)[C@]2(C)O1. The van der Waals surface area contributed by atoms with Gasteiger partial charge in [-0.05, 0) is 92.7 Å². The molecule has 7 atom stereocenters. The van der Waals surface area contributed by atoms with Crippen molar-refractivity contribution in [1.29, 1.82) is 0 Å². The van der Waals surface area contributed by atoms with E-state index in [1.54, 1.807) is 24.3 Å². The second kappa shape index (κ2) is 11.4. The lowest BCUT2D eigenvalue weighted by molar-refractivity contribution is -0.199. The van der Waals surface area contributed by atoms with Crippen molar-refractivity contribution in [2.45, 2.75) is 90.6 Å². The molecule has 9 heteroatoms. The number of benzene rings is 2. The number of ether oxygens (including phenoxy) is 1. The van der Waals surface area contributed by atoms with E-state index in [1.807, 2.05) is 30.3 Å². The van der Waals surface area contributed by atoms with Gasteiger partial charge in [-0.3, -0.25) is 9.59 Å². The lowest BCUT2D eigenvalue weighted by Crippen LogP contribution is -2.65. The van der Waals surface area contributed by atoms with Crippen LogP contribution >= 0.6 is 0 Å². The Kier molecular flexibility index (Phi) is 8.25. The quantitative estimate of drug-likeness (QED) is 0.361. The number of carbonyl (C=O) groups is 2. The first kappa shape index (κ1) is 29.6. The number of carbonyl (C=O) groups excluding carboxylic acids is 2. The third-order valence-corrected chi connectivity index (χ3v) is 9.50. The standard InChI is InChI=1S/C32H43BN2O6/c1-19(2)16-27(33-40-26-18-22-17-25(31(22,4)5)32(26,6)41-33)34-30(38)28(20(3)36)35-29(37)21-12-14-24(15-13-21)39-23-10-8-7-9-11-23/h7-15,19-20,22,25-28,36H,16-18H2,1-6H3,(H,34,38)(H,35,37)/t20-,22+,25+,26-,27+,28+,32+/m1/s1. The Morgan fingerprint density at radius 1 is 1.00 bits per heavy atom. The molecule has 2 bridgehead atoms. The van der Waals surface area contributed by atoms with E-state index in [0.717, 1.165) is 12.8 Å². The predicted octanol–water partition coefficient (Wildman–Crippen LogP) is 4.76. The molecule has 1 heterocycles. The normalized spacial score (nSPS) is 28.2. The summed E-state index contributed by atoms with van der Waals surface area (Å²) in [5, 5.41) is 16.3. The highest BCUT2D eigenvalue weighted by atomic mass is 16.7. The van der Waals surface area contributed by atoms with Gasteiger partial charge in [0, 0.05) is 5.56 Å². The second-order valence-electron chi connectivity index (χ2n) is 13.2. The lowest BCUT2D eigenvalue weighted by atomic mass is 9.43. The Labute approximate surface area is 243 Å². The minimum Gasteiger partial charge on any atom is -0.457 e. The number of para-hydroxylation sites is 1. The maximum Gasteiger partial charge on any atom is 0.481 e. The average Bonchev–Trinajstić information content (AvgIpc) is 3.29. The Morgan fingerprint density at radius 3 is 2.27 bits per heavy atom. The molecule has 3 aliphatic carbocycles. The molecule has 220 valence electrons. The number of rotatable bonds is 10. The van der Waals surface area contributed by atoms with Crippen LogP contribution in [0.25, 0.3) is 0 Å². The zero-order valence-electron chi connectivity index (χ0n) is 24.9. The van der Waals surface area contributed by atoms with Crippen LogP contribution in [0.4, 0.5) is 0 Å². The highest BCUT2D eigenvalue weighted by Crippen LogP contribution is 2.65. The van der Waals surface area contributed by atoms with Gasteiger partial charge in [0.25, 0.3) is 5.91 Å². The molecule has 4 fully saturated rings. The summed E-state index contributed by atoms with van der Waals surface area (Å²) in [7, 11) is -0.589. The van der Waals surface area contributed by atoms with Crippen LogP contribution in [0.1, 0.15) is 71.2 Å². The van der Waals surface area contributed by atoms with E-state index in [4.69, 9.17) is 14.0 Å². The number of nitrogens with one attached hydrogen (secondary N) is 2. The van der Waals surface area contributed by atoms with Crippen molar-refractivity contribution in [3.8, 4) is 11.5 Å². The van der Waals surface area contributed by atoms with Crippen LogP contribution in [-0.2, 0) is 14.1 Å². The lowest BCUT2D eigenvalue weighted by Gasteiger charge is -2.64. The number of aliphatic hydroxyl groups is 1. The molecule has 0 unspecified atom stereocenters. The van der Waals surface area contributed by atoms with Gasteiger partial charge in [-0.1, -0.05) is 45.9 Å². The summed E-state index contributed by atoms with van der Waals surface area (Å²) in [6, 6.07) is 14.8. The van der Waals surface area contributed by atoms with Crippen molar-refractivity contribution in [1.82, 2.24) is 10.6 Å². The molecule has 2 aromatic carbocycles. The predicted molar refractivity (Wildman–Crippen MR) is 157 cm³/mol. The maximum absolute atomic E-state index is 13.5. The van der Waals surface area contributed by atoms with Crippen LogP contribution in [0.5, 0.6) is 11.5 Å². The molecule has 6 rings (SSSR count). The highest BCUT2D eigenvalue weighted by Gasteiger charge is 2.68. The fourth-order valence-corrected chi connectivity index (χ4v) is 7.02. The molecule has 3 N–H and O–H groups in total. The summed E-state index contributed by atoms with van der Waals surface area (Å²) in [6.07, 6.45) is 1.63. The van der Waals surface area contributed by atoms with Gasteiger partial charge in [0.2, 0.25) is 5.91 Å². The smallest absolute Gasteiger partial charge is 0.457 e. The van der Waals surface area contributed by atoms with Crippen LogP contribution in [0.3, 0.4) is 0 Å². The van der Waals surface area contributed by atoms with Crippen molar-refractivity contribution < 1.29 is 28.7 Å². The van der Waals surface area contributed by atoms with Crippen molar-refractivity contribution in [2.24, 2.45) is 23.2 Å². The number of hydrogen-bond donors (Lipinski definition) is 3.